The molecule has 0 N–H and O–H groups in total. The summed E-state index contributed by atoms with van der Waals surface area (Å²) < 4.78 is 5.17. The van der Waals surface area contributed by atoms with Crippen LogP contribution < -0.4 is 5.43 Å². The van der Waals surface area contributed by atoms with Gasteiger partial charge >= 0.3 is 0 Å². The maximum atomic E-state index is 11.2. The monoisotopic (exact) mass is 220 g/mol. The van der Waals surface area contributed by atoms with Gasteiger partial charge in [0.1, 0.15) is 5.58 Å². The summed E-state index contributed by atoms with van der Waals surface area (Å²) in [6, 6.07) is 6.98. The molecule has 0 spiro atoms. The van der Waals surface area contributed by atoms with E-state index >= 15 is 0 Å². The number of fused-ring (bicyclic) bond motifs is 1. The van der Waals surface area contributed by atoms with Crippen LogP contribution in [0.1, 0.15) is 33.3 Å². The van der Waals surface area contributed by atoms with E-state index in [9.17, 15) is 4.79 Å². The van der Waals surface area contributed by atoms with Gasteiger partial charge in [0.25, 0.3) is 0 Å². The molecule has 1 heterocycles. The van der Waals surface area contributed by atoms with E-state index in [0.717, 1.165) is 5.56 Å². The van der Waals surface area contributed by atoms with E-state index in [4.69, 9.17) is 4.42 Å². The molecule has 0 saturated carbocycles. The summed E-state index contributed by atoms with van der Waals surface area (Å²) in [7, 11) is 0. The van der Waals surface area contributed by atoms with Crippen molar-refractivity contribution in [2.75, 3.05) is 0 Å². The van der Waals surface area contributed by atoms with Crippen LogP contribution in [0.4, 0.5) is 0 Å². The lowest BCUT2D eigenvalue weighted by Gasteiger charge is -1.95. The van der Waals surface area contributed by atoms with E-state index in [2.05, 4.69) is 0 Å². The second-order valence-corrected chi connectivity index (χ2v) is 2.78. The SMILES string of the molecule is CC.CC.Cc1ccc2c(=O)ccoc2c1. The molecule has 2 aromatic rings. The highest BCUT2D eigenvalue weighted by Gasteiger charge is 1.97. The molecule has 0 aliphatic carbocycles. The molecule has 0 amide bonds. The van der Waals surface area contributed by atoms with Crippen LogP contribution in [0.2, 0.25) is 0 Å². The molecule has 2 nitrogen and oxygen atoms in total. The number of aryl methyl sites for hydroxylation is 1. The van der Waals surface area contributed by atoms with E-state index in [1.54, 1.807) is 6.07 Å². The molecule has 0 aliphatic heterocycles. The van der Waals surface area contributed by atoms with Crippen molar-refractivity contribution in [1.82, 2.24) is 0 Å². The third-order valence-electron chi connectivity index (χ3n) is 1.82. The minimum atomic E-state index is 0.0104. The molecule has 88 valence electrons. The molecule has 0 fully saturated rings. The number of hydrogen-bond acceptors (Lipinski definition) is 2. The van der Waals surface area contributed by atoms with Crippen molar-refractivity contribution in [3.63, 3.8) is 0 Å². The molecule has 0 bridgehead atoms. The fraction of sp³-hybridized carbons (Fsp3) is 0.357. The summed E-state index contributed by atoms with van der Waals surface area (Å²) in [5.41, 5.74) is 1.76. The number of benzene rings is 1. The highest BCUT2D eigenvalue weighted by atomic mass is 16.3. The number of rotatable bonds is 0. The zero-order chi connectivity index (χ0) is 12.6. The number of hydrogen-bond donors (Lipinski definition) is 0. The van der Waals surface area contributed by atoms with Crippen molar-refractivity contribution in [3.8, 4) is 0 Å². The van der Waals surface area contributed by atoms with Crippen LogP contribution in [0, 0.1) is 6.92 Å². The summed E-state index contributed by atoms with van der Waals surface area (Å²) in [6.45, 7) is 9.96. The van der Waals surface area contributed by atoms with E-state index < -0.39 is 0 Å². The summed E-state index contributed by atoms with van der Waals surface area (Å²) in [5, 5.41) is 0.642. The maximum absolute atomic E-state index is 11.2. The molecule has 2 rings (SSSR count). The van der Waals surface area contributed by atoms with Gasteiger partial charge in [0.15, 0.2) is 5.43 Å². The van der Waals surface area contributed by atoms with Crippen LogP contribution in [0.5, 0.6) is 0 Å². The van der Waals surface area contributed by atoms with Crippen LogP contribution in [0.3, 0.4) is 0 Å². The van der Waals surface area contributed by atoms with Crippen molar-refractivity contribution in [2.24, 2.45) is 0 Å². The lowest BCUT2D eigenvalue weighted by molar-refractivity contribution is 0.602. The van der Waals surface area contributed by atoms with Gasteiger partial charge < -0.3 is 4.42 Å². The quantitative estimate of drug-likeness (QED) is 0.667. The average Bonchev–Trinajstić information content (AvgIpc) is 2.34. The zero-order valence-electron chi connectivity index (χ0n) is 10.7. The maximum Gasteiger partial charge on any atom is 0.192 e. The topological polar surface area (TPSA) is 30.2 Å². The molecular formula is C14H20O2. The fourth-order valence-electron chi connectivity index (χ4n) is 1.19. The molecule has 2 heteroatoms. The van der Waals surface area contributed by atoms with E-state index in [-0.39, 0.29) is 5.43 Å². The Hall–Kier alpha value is -1.57. The van der Waals surface area contributed by atoms with Crippen LogP contribution in [-0.4, -0.2) is 0 Å². The van der Waals surface area contributed by atoms with Crippen LogP contribution in [0.15, 0.2) is 39.7 Å². The van der Waals surface area contributed by atoms with Gasteiger partial charge in [-0.3, -0.25) is 4.79 Å². The molecule has 0 saturated heterocycles. The second-order valence-electron chi connectivity index (χ2n) is 2.78. The molecule has 1 aromatic carbocycles. The van der Waals surface area contributed by atoms with Gasteiger partial charge in [0.05, 0.1) is 11.6 Å². The van der Waals surface area contributed by atoms with Crippen molar-refractivity contribution in [3.05, 3.63) is 46.3 Å². The zero-order valence-corrected chi connectivity index (χ0v) is 10.7. The molecular weight excluding hydrogens is 200 g/mol. The smallest absolute Gasteiger partial charge is 0.192 e. The normalized spacial score (nSPS) is 8.56. The Morgan fingerprint density at radius 2 is 1.62 bits per heavy atom. The van der Waals surface area contributed by atoms with E-state index in [0.29, 0.717) is 11.0 Å². The average molecular weight is 220 g/mol. The van der Waals surface area contributed by atoms with Crippen molar-refractivity contribution in [2.45, 2.75) is 34.6 Å². The summed E-state index contributed by atoms with van der Waals surface area (Å²) >= 11 is 0. The van der Waals surface area contributed by atoms with Gasteiger partial charge in [-0.05, 0) is 24.6 Å². The van der Waals surface area contributed by atoms with Gasteiger partial charge in [0, 0.05) is 6.07 Å². The summed E-state index contributed by atoms with van der Waals surface area (Å²) in [6.07, 6.45) is 1.42. The van der Waals surface area contributed by atoms with Gasteiger partial charge in [-0.2, -0.15) is 0 Å². The van der Waals surface area contributed by atoms with Crippen LogP contribution >= 0.6 is 0 Å². The highest BCUT2D eigenvalue weighted by Crippen LogP contribution is 2.10. The van der Waals surface area contributed by atoms with E-state index in [1.165, 1.54) is 12.3 Å². The molecule has 0 radical (unpaired) electrons. The molecule has 16 heavy (non-hydrogen) atoms. The van der Waals surface area contributed by atoms with Crippen molar-refractivity contribution in [1.29, 1.82) is 0 Å². The molecule has 1 aromatic heterocycles. The molecule has 0 aliphatic rings. The summed E-state index contributed by atoms with van der Waals surface area (Å²) in [4.78, 5) is 11.2. The predicted octanol–water partition coefficient (Wildman–Crippen LogP) is 4.15. The predicted molar refractivity (Wildman–Crippen MR) is 69.9 cm³/mol. The minimum Gasteiger partial charge on any atom is -0.464 e. The Labute approximate surface area is 96.9 Å². The Morgan fingerprint density at radius 3 is 2.25 bits per heavy atom. The highest BCUT2D eigenvalue weighted by molar-refractivity contribution is 5.76. The largest absolute Gasteiger partial charge is 0.464 e. The van der Waals surface area contributed by atoms with Gasteiger partial charge in [-0.25, -0.2) is 0 Å². The minimum absolute atomic E-state index is 0.0104. The Morgan fingerprint density at radius 1 is 1.00 bits per heavy atom. The Bertz CT molecular complexity index is 469. The van der Waals surface area contributed by atoms with Gasteiger partial charge in [0.2, 0.25) is 0 Å². The lowest BCUT2D eigenvalue weighted by atomic mass is 10.2. The third kappa shape index (κ3) is 3.54. The molecule has 0 atom stereocenters. The van der Waals surface area contributed by atoms with Gasteiger partial charge in [-0.15, -0.1) is 0 Å². The first kappa shape index (κ1) is 14.4. The third-order valence-corrected chi connectivity index (χ3v) is 1.82. The molecule has 0 unspecified atom stereocenters. The first-order valence-corrected chi connectivity index (χ1v) is 5.75. The Balaban J connectivity index is 0.000000509. The van der Waals surface area contributed by atoms with E-state index in [1.807, 2.05) is 46.8 Å². The van der Waals surface area contributed by atoms with Crippen molar-refractivity contribution < 1.29 is 4.42 Å². The lowest BCUT2D eigenvalue weighted by Crippen LogP contribution is -1.97. The first-order chi connectivity index (χ1) is 7.77. The van der Waals surface area contributed by atoms with Crippen LogP contribution in [-0.2, 0) is 0 Å². The Kier molecular flexibility index (Phi) is 6.93. The van der Waals surface area contributed by atoms with Gasteiger partial charge in [-0.1, -0.05) is 33.8 Å². The summed E-state index contributed by atoms with van der Waals surface area (Å²) in [5.74, 6) is 0. The fourth-order valence-corrected chi connectivity index (χ4v) is 1.19. The standard InChI is InChI=1S/C10H8O2.2C2H6/c1-7-2-3-8-9(11)4-5-12-10(8)6-7;2*1-2/h2-6H,1H3;2*1-2H3. The van der Waals surface area contributed by atoms with Crippen LogP contribution in [0.25, 0.3) is 11.0 Å². The van der Waals surface area contributed by atoms with Crippen molar-refractivity contribution >= 4 is 11.0 Å². The second kappa shape index (κ2) is 7.69. The first-order valence-electron chi connectivity index (χ1n) is 5.75.